The van der Waals surface area contributed by atoms with Crippen molar-refractivity contribution in [1.29, 1.82) is 0 Å². The molecular formula is C11H15NO3S2. The van der Waals surface area contributed by atoms with Crippen LogP contribution in [0.4, 0.5) is 5.69 Å². The van der Waals surface area contributed by atoms with Crippen molar-refractivity contribution in [3.63, 3.8) is 0 Å². The first kappa shape index (κ1) is 12.7. The molecule has 1 aliphatic heterocycles. The average molecular weight is 273 g/mol. The van der Waals surface area contributed by atoms with Gasteiger partial charge in [0.25, 0.3) is 0 Å². The molecule has 0 amide bonds. The van der Waals surface area contributed by atoms with Gasteiger partial charge in [0.05, 0.1) is 22.9 Å². The van der Waals surface area contributed by atoms with E-state index in [2.05, 4.69) is 0 Å². The van der Waals surface area contributed by atoms with Crippen LogP contribution in [-0.2, 0) is 9.84 Å². The van der Waals surface area contributed by atoms with Crippen molar-refractivity contribution >= 4 is 27.3 Å². The molecule has 0 aromatic heterocycles. The van der Waals surface area contributed by atoms with Crippen LogP contribution < -0.4 is 5.73 Å². The summed E-state index contributed by atoms with van der Waals surface area (Å²) in [7, 11) is -3.08. The molecule has 0 spiro atoms. The largest absolute Gasteiger partial charge is 0.399 e. The highest BCUT2D eigenvalue weighted by atomic mass is 32.2. The first-order valence-corrected chi connectivity index (χ1v) is 7.99. The van der Waals surface area contributed by atoms with Crippen molar-refractivity contribution in [2.45, 2.75) is 23.2 Å². The number of aliphatic hydroxyl groups excluding tert-OH is 1. The molecular weight excluding hydrogens is 258 g/mol. The Labute approximate surface area is 105 Å². The van der Waals surface area contributed by atoms with Crippen molar-refractivity contribution in [3.8, 4) is 0 Å². The zero-order valence-corrected chi connectivity index (χ0v) is 11.1. The minimum absolute atomic E-state index is 0.0439. The van der Waals surface area contributed by atoms with E-state index < -0.39 is 15.9 Å². The number of anilines is 1. The summed E-state index contributed by atoms with van der Waals surface area (Å²) in [6.07, 6.45) is -0.775. The normalized spacial score (nSPS) is 27.2. The van der Waals surface area contributed by atoms with Gasteiger partial charge in [-0.05, 0) is 30.7 Å². The van der Waals surface area contributed by atoms with Gasteiger partial charge in [-0.2, -0.15) is 0 Å². The number of hydrogen-bond acceptors (Lipinski definition) is 5. The van der Waals surface area contributed by atoms with Crippen LogP contribution in [0, 0.1) is 6.92 Å². The van der Waals surface area contributed by atoms with E-state index in [-0.39, 0.29) is 16.8 Å². The lowest BCUT2D eigenvalue weighted by atomic mass is 10.2. The molecule has 0 saturated carbocycles. The van der Waals surface area contributed by atoms with E-state index in [0.29, 0.717) is 5.69 Å². The molecule has 2 unspecified atom stereocenters. The van der Waals surface area contributed by atoms with Crippen molar-refractivity contribution in [2.24, 2.45) is 0 Å². The van der Waals surface area contributed by atoms with Gasteiger partial charge in [-0.3, -0.25) is 0 Å². The topological polar surface area (TPSA) is 80.4 Å². The molecule has 1 saturated heterocycles. The number of thioether (sulfide) groups is 1. The van der Waals surface area contributed by atoms with E-state index in [0.717, 1.165) is 10.5 Å². The van der Waals surface area contributed by atoms with Crippen molar-refractivity contribution in [1.82, 2.24) is 0 Å². The van der Waals surface area contributed by atoms with E-state index in [9.17, 15) is 13.5 Å². The fourth-order valence-corrected chi connectivity index (χ4v) is 5.43. The monoisotopic (exact) mass is 273 g/mol. The van der Waals surface area contributed by atoms with Crippen LogP contribution in [0.2, 0.25) is 0 Å². The van der Waals surface area contributed by atoms with Gasteiger partial charge in [0.2, 0.25) is 0 Å². The molecule has 1 aromatic rings. The van der Waals surface area contributed by atoms with Crippen molar-refractivity contribution in [2.75, 3.05) is 17.2 Å². The number of hydrogen-bond donors (Lipinski definition) is 2. The molecule has 0 radical (unpaired) electrons. The predicted octanol–water partition coefficient (Wildman–Crippen LogP) is 0.827. The number of nitrogens with two attached hydrogens (primary N) is 1. The van der Waals surface area contributed by atoms with Gasteiger partial charge in [-0.1, -0.05) is 0 Å². The second-order valence-corrected chi connectivity index (χ2v) is 7.79. The Balaban J connectivity index is 2.14. The van der Waals surface area contributed by atoms with Crippen LogP contribution in [-0.4, -0.2) is 36.4 Å². The summed E-state index contributed by atoms with van der Waals surface area (Å²) < 4.78 is 22.7. The zero-order chi connectivity index (χ0) is 12.6. The molecule has 6 heteroatoms. The summed E-state index contributed by atoms with van der Waals surface area (Å²) in [4.78, 5) is 0.942. The fraction of sp³-hybridized carbons (Fsp3) is 0.455. The third kappa shape index (κ3) is 2.94. The molecule has 17 heavy (non-hydrogen) atoms. The van der Waals surface area contributed by atoms with Crippen LogP contribution in [0.3, 0.4) is 0 Å². The van der Waals surface area contributed by atoms with E-state index in [1.54, 1.807) is 6.07 Å². The molecule has 3 N–H and O–H groups in total. The summed E-state index contributed by atoms with van der Waals surface area (Å²) in [5, 5.41) is 9.41. The van der Waals surface area contributed by atoms with E-state index in [1.807, 2.05) is 19.1 Å². The highest BCUT2D eigenvalue weighted by Gasteiger charge is 2.36. The molecule has 4 nitrogen and oxygen atoms in total. The smallest absolute Gasteiger partial charge is 0.154 e. The van der Waals surface area contributed by atoms with Crippen LogP contribution >= 0.6 is 11.8 Å². The lowest BCUT2D eigenvalue weighted by Crippen LogP contribution is -2.19. The quantitative estimate of drug-likeness (QED) is 0.780. The molecule has 2 atom stereocenters. The van der Waals surface area contributed by atoms with Gasteiger partial charge in [-0.15, -0.1) is 11.8 Å². The number of aryl methyl sites for hydroxylation is 1. The number of nitrogen functional groups attached to an aromatic ring is 1. The molecule has 94 valence electrons. The summed E-state index contributed by atoms with van der Waals surface area (Å²) >= 11 is 1.40. The molecule has 1 fully saturated rings. The third-order valence-corrected chi connectivity index (χ3v) is 6.04. The maximum Gasteiger partial charge on any atom is 0.154 e. The van der Waals surface area contributed by atoms with Gasteiger partial charge in [-0.25, -0.2) is 8.42 Å². The Bertz CT molecular complexity index is 528. The Morgan fingerprint density at radius 2 is 2.12 bits per heavy atom. The maximum absolute atomic E-state index is 11.4. The number of sulfone groups is 1. The first-order chi connectivity index (χ1) is 7.87. The lowest BCUT2D eigenvalue weighted by Gasteiger charge is -2.12. The minimum atomic E-state index is -3.08. The standard InChI is InChI=1S/C11H15NO3S2/c1-7-4-8(2-3-9(7)12)16-11-6-17(14,15)5-10(11)13/h2-4,10-11,13H,5-6,12H2,1H3. The molecule has 2 rings (SSSR count). The first-order valence-electron chi connectivity index (χ1n) is 5.29. The molecule has 1 aliphatic rings. The van der Waals surface area contributed by atoms with Crippen LogP contribution in [0.15, 0.2) is 23.1 Å². The average Bonchev–Trinajstić information content (AvgIpc) is 2.46. The van der Waals surface area contributed by atoms with Gasteiger partial charge < -0.3 is 10.8 Å². The summed E-state index contributed by atoms with van der Waals surface area (Å²) in [6.45, 7) is 1.90. The van der Waals surface area contributed by atoms with Crippen molar-refractivity contribution < 1.29 is 13.5 Å². The van der Waals surface area contributed by atoms with E-state index >= 15 is 0 Å². The predicted molar refractivity (Wildman–Crippen MR) is 69.9 cm³/mol. The molecule has 0 aliphatic carbocycles. The minimum Gasteiger partial charge on any atom is -0.399 e. The van der Waals surface area contributed by atoms with Gasteiger partial charge >= 0.3 is 0 Å². The Morgan fingerprint density at radius 3 is 2.65 bits per heavy atom. The lowest BCUT2D eigenvalue weighted by molar-refractivity contribution is 0.207. The third-order valence-electron chi connectivity index (χ3n) is 2.80. The van der Waals surface area contributed by atoms with Crippen molar-refractivity contribution in [3.05, 3.63) is 23.8 Å². The fourth-order valence-electron chi connectivity index (χ4n) is 1.81. The van der Waals surface area contributed by atoms with Crippen LogP contribution in [0.5, 0.6) is 0 Å². The van der Waals surface area contributed by atoms with Crippen LogP contribution in [0.1, 0.15) is 5.56 Å². The second-order valence-electron chi connectivity index (χ2n) is 4.32. The van der Waals surface area contributed by atoms with Crippen LogP contribution in [0.25, 0.3) is 0 Å². The van der Waals surface area contributed by atoms with Gasteiger partial charge in [0.15, 0.2) is 9.84 Å². The highest BCUT2D eigenvalue weighted by Crippen LogP contribution is 2.32. The van der Waals surface area contributed by atoms with Gasteiger partial charge in [0, 0.05) is 10.6 Å². The van der Waals surface area contributed by atoms with Gasteiger partial charge in [0.1, 0.15) is 0 Å². The van der Waals surface area contributed by atoms with E-state index in [1.165, 1.54) is 11.8 Å². The SMILES string of the molecule is Cc1cc(SC2CS(=O)(=O)CC2O)ccc1N. The summed E-state index contributed by atoms with van der Waals surface area (Å²) in [5.41, 5.74) is 7.39. The summed E-state index contributed by atoms with van der Waals surface area (Å²) in [5.74, 6) is -0.0825. The molecule has 1 heterocycles. The van der Waals surface area contributed by atoms with E-state index in [4.69, 9.17) is 5.73 Å². The Hall–Kier alpha value is -0.720. The number of rotatable bonds is 2. The summed E-state index contributed by atoms with van der Waals surface area (Å²) in [6, 6.07) is 5.57. The highest BCUT2D eigenvalue weighted by molar-refractivity contribution is 8.02. The second kappa shape index (κ2) is 4.51. The Kier molecular flexibility index (Phi) is 3.38. The zero-order valence-electron chi connectivity index (χ0n) is 9.46. The number of benzene rings is 1. The molecule has 0 bridgehead atoms. The number of aliphatic hydroxyl groups is 1. The molecule has 1 aromatic carbocycles. The maximum atomic E-state index is 11.4. The Morgan fingerprint density at radius 1 is 1.41 bits per heavy atom.